The van der Waals surface area contributed by atoms with Gasteiger partial charge in [-0.2, -0.15) is 0 Å². The lowest BCUT2D eigenvalue weighted by Crippen LogP contribution is -2.38. The number of hydrogen-bond donors (Lipinski definition) is 1. The number of carbonyl (C=O) groups is 1. The van der Waals surface area contributed by atoms with Crippen LogP contribution in [0.25, 0.3) is 0 Å². The number of piperidine rings is 1. The van der Waals surface area contributed by atoms with Gasteiger partial charge >= 0.3 is 0 Å². The maximum atomic E-state index is 12.3. The Morgan fingerprint density at radius 3 is 2.50 bits per heavy atom. The summed E-state index contributed by atoms with van der Waals surface area (Å²) < 4.78 is 5.38. The van der Waals surface area contributed by atoms with Gasteiger partial charge in [-0.15, -0.1) is 0 Å². The lowest BCUT2D eigenvalue weighted by molar-refractivity contribution is 0.0683. The first-order valence-electron chi connectivity index (χ1n) is 7.38. The van der Waals surface area contributed by atoms with E-state index in [9.17, 15) is 4.79 Å². The number of ether oxygens (including phenoxy) is 1. The van der Waals surface area contributed by atoms with E-state index in [-0.39, 0.29) is 24.7 Å². The minimum atomic E-state index is 0.0685. The molecule has 108 valence electrons. The Labute approximate surface area is 119 Å². The summed E-state index contributed by atoms with van der Waals surface area (Å²) in [5.74, 6) is 0.760. The smallest absolute Gasteiger partial charge is 0.253 e. The molecule has 0 unspecified atom stereocenters. The number of aliphatic hydroxyl groups excluding tert-OH is 1. The molecule has 1 aromatic carbocycles. The third-order valence-corrected chi connectivity index (χ3v) is 4.36. The van der Waals surface area contributed by atoms with Crippen LogP contribution in [0, 0.1) is 5.92 Å². The fourth-order valence-corrected chi connectivity index (χ4v) is 3.01. The number of nitrogens with zero attached hydrogens (tertiary/aromatic N) is 1. The first-order chi connectivity index (χ1) is 9.78. The second-order valence-corrected chi connectivity index (χ2v) is 5.73. The van der Waals surface area contributed by atoms with Crippen molar-refractivity contribution in [2.24, 2.45) is 5.92 Å². The molecule has 4 heteroatoms. The molecule has 1 N–H and O–H groups in total. The highest BCUT2D eigenvalue weighted by atomic mass is 16.6. The van der Waals surface area contributed by atoms with E-state index in [1.807, 2.05) is 35.2 Å². The van der Waals surface area contributed by atoms with E-state index in [1.54, 1.807) is 0 Å². The summed E-state index contributed by atoms with van der Waals surface area (Å²) in [7, 11) is 0. The summed E-state index contributed by atoms with van der Waals surface area (Å²) in [4.78, 5) is 14.3. The van der Waals surface area contributed by atoms with Crippen LogP contribution in [-0.4, -0.2) is 47.8 Å². The second kappa shape index (κ2) is 5.94. The molecule has 2 atom stereocenters. The second-order valence-electron chi connectivity index (χ2n) is 5.73. The van der Waals surface area contributed by atoms with Crippen LogP contribution in [0.2, 0.25) is 0 Å². The molecule has 20 heavy (non-hydrogen) atoms. The molecular formula is C16H21NO3. The molecule has 2 aliphatic rings. The van der Waals surface area contributed by atoms with Crippen LogP contribution in [-0.2, 0) is 4.74 Å². The van der Waals surface area contributed by atoms with Crippen molar-refractivity contribution in [1.29, 1.82) is 0 Å². The molecule has 0 aliphatic carbocycles. The van der Waals surface area contributed by atoms with Crippen LogP contribution in [0.1, 0.15) is 29.6 Å². The highest BCUT2D eigenvalue weighted by Crippen LogP contribution is 2.32. The summed E-state index contributed by atoms with van der Waals surface area (Å²) >= 11 is 0. The molecule has 3 rings (SSSR count). The van der Waals surface area contributed by atoms with Gasteiger partial charge in [0.1, 0.15) is 6.10 Å². The topological polar surface area (TPSA) is 53.1 Å². The van der Waals surface area contributed by atoms with Crippen molar-refractivity contribution in [3.8, 4) is 0 Å². The minimum absolute atomic E-state index is 0.0685. The van der Waals surface area contributed by atoms with Crippen LogP contribution < -0.4 is 0 Å². The van der Waals surface area contributed by atoms with E-state index in [0.29, 0.717) is 5.92 Å². The third-order valence-electron chi connectivity index (χ3n) is 4.36. The Morgan fingerprint density at radius 1 is 1.20 bits per heavy atom. The summed E-state index contributed by atoms with van der Waals surface area (Å²) in [6, 6.07) is 9.48. The maximum absolute atomic E-state index is 12.3. The number of epoxide rings is 1. The van der Waals surface area contributed by atoms with Gasteiger partial charge in [-0.25, -0.2) is 0 Å². The Bertz CT molecular complexity index is 454. The third kappa shape index (κ3) is 3.02. The van der Waals surface area contributed by atoms with Crippen LogP contribution in [0.3, 0.4) is 0 Å². The number of carbonyl (C=O) groups excluding carboxylic acids is 1. The van der Waals surface area contributed by atoms with Gasteiger partial charge in [0, 0.05) is 18.7 Å². The predicted molar refractivity (Wildman–Crippen MR) is 75.4 cm³/mol. The van der Waals surface area contributed by atoms with Crippen LogP contribution >= 0.6 is 0 Å². The van der Waals surface area contributed by atoms with Crippen LogP contribution in [0.15, 0.2) is 30.3 Å². The van der Waals surface area contributed by atoms with Crippen molar-refractivity contribution in [3.05, 3.63) is 35.9 Å². The Morgan fingerprint density at radius 2 is 1.90 bits per heavy atom. The minimum Gasteiger partial charge on any atom is -0.394 e. The molecule has 2 heterocycles. The van der Waals surface area contributed by atoms with Gasteiger partial charge in [-0.1, -0.05) is 18.2 Å². The predicted octanol–water partition coefficient (Wildman–Crippen LogP) is 1.69. The van der Waals surface area contributed by atoms with Crippen molar-refractivity contribution in [2.75, 3.05) is 19.7 Å². The van der Waals surface area contributed by atoms with Gasteiger partial charge in [0.05, 0.1) is 12.7 Å². The average molecular weight is 275 g/mol. The average Bonchev–Trinajstić information content (AvgIpc) is 3.26. The lowest BCUT2D eigenvalue weighted by atomic mass is 9.91. The molecule has 0 spiro atoms. The van der Waals surface area contributed by atoms with Crippen molar-refractivity contribution in [1.82, 2.24) is 4.90 Å². The molecular weight excluding hydrogens is 254 g/mol. The van der Waals surface area contributed by atoms with Crippen molar-refractivity contribution in [3.63, 3.8) is 0 Å². The highest BCUT2D eigenvalue weighted by Gasteiger charge is 2.40. The van der Waals surface area contributed by atoms with Crippen molar-refractivity contribution >= 4 is 5.91 Å². The van der Waals surface area contributed by atoms with Crippen LogP contribution in [0.4, 0.5) is 0 Å². The van der Waals surface area contributed by atoms with Crippen molar-refractivity contribution < 1.29 is 14.6 Å². The Kier molecular flexibility index (Phi) is 4.03. The van der Waals surface area contributed by atoms with Gasteiger partial charge in [0.25, 0.3) is 5.91 Å². The highest BCUT2D eigenvalue weighted by molar-refractivity contribution is 5.94. The standard InChI is InChI=1S/C16H21NO3/c18-11-15-14(20-15)10-12-6-8-17(9-7-12)16(19)13-4-2-1-3-5-13/h1-5,12,14-15,18H,6-11H2/t14-,15-/m0/s1. The quantitative estimate of drug-likeness (QED) is 0.851. The summed E-state index contributed by atoms with van der Waals surface area (Å²) in [6.07, 6.45) is 3.42. The molecule has 0 bridgehead atoms. The molecule has 0 aromatic heterocycles. The van der Waals surface area contributed by atoms with E-state index in [0.717, 1.165) is 37.9 Å². The number of hydrogen-bond acceptors (Lipinski definition) is 3. The zero-order valence-electron chi connectivity index (χ0n) is 11.6. The monoisotopic (exact) mass is 275 g/mol. The van der Waals surface area contributed by atoms with E-state index < -0.39 is 0 Å². The zero-order chi connectivity index (χ0) is 13.9. The summed E-state index contributed by atoms with van der Waals surface area (Å²) in [6.45, 7) is 1.79. The largest absolute Gasteiger partial charge is 0.394 e. The molecule has 2 saturated heterocycles. The molecule has 4 nitrogen and oxygen atoms in total. The maximum Gasteiger partial charge on any atom is 0.253 e. The first-order valence-corrected chi connectivity index (χ1v) is 7.38. The van der Waals surface area contributed by atoms with E-state index in [2.05, 4.69) is 0 Å². The van der Waals surface area contributed by atoms with Gasteiger partial charge in [0.2, 0.25) is 0 Å². The van der Waals surface area contributed by atoms with Crippen molar-refractivity contribution in [2.45, 2.75) is 31.5 Å². The normalized spacial score (nSPS) is 26.6. The fraction of sp³-hybridized carbons (Fsp3) is 0.562. The SMILES string of the molecule is O=C(c1ccccc1)N1CCC(C[C@@H]2O[C@H]2CO)CC1. The number of aliphatic hydroxyl groups is 1. The first kappa shape index (κ1) is 13.6. The number of likely N-dealkylation sites (tertiary alicyclic amines) is 1. The molecule has 0 saturated carbocycles. The number of benzene rings is 1. The molecule has 2 aliphatic heterocycles. The Balaban J connectivity index is 1.48. The molecule has 1 amide bonds. The molecule has 1 aromatic rings. The van der Waals surface area contributed by atoms with E-state index in [1.165, 1.54) is 0 Å². The number of amides is 1. The lowest BCUT2D eigenvalue weighted by Gasteiger charge is -2.32. The van der Waals surface area contributed by atoms with E-state index in [4.69, 9.17) is 9.84 Å². The van der Waals surface area contributed by atoms with E-state index >= 15 is 0 Å². The zero-order valence-corrected chi connectivity index (χ0v) is 11.6. The number of rotatable bonds is 4. The summed E-state index contributed by atoms with van der Waals surface area (Å²) in [5.41, 5.74) is 0.775. The summed E-state index contributed by atoms with van der Waals surface area (Å²) in [5, 5.41) is 8.97. The van der Waals surface area contributed by atoms with Gasteiger partial charge in [-0.3, -0.25) is 4.79 Å². The molecule has 2 fully saturated rings. The van der Waals surface area contributed by atoms with Gasteiger partial charge in [-0.05, 0) is 37.3 Å². The molecule has 0 radical (unpaired) electrons. The van der Waals surface area contributed by atoms with Crippen LogP contribution in [0.5, 0.6) is 0 Å². The van der Waals surface area contributed by atoms with Gasteiger partial charge < -0.3 is 14.7 Å². The fourth-order valence-electron chi connectivity index (χ4n) is 3.01. The van der Waals surface area contributed by atoms with Gasteiger partial charge in [0.15, 0.2) is 0 Å². The Hall–Kier alpha value is -1.39.